The van der Waals surface area contributed by atoms with Crippen molar-refractivity contribution in [2.45, 2.75) is 25.7 Å². The number of rotatable bonds is 2. The van der Waals surface area contributed by atoms with Crippen LogP contribution in [0.15, 0.2) is 12.1 Å². The zero-order chi connectivity index (χ0) is 14.4. The summed E-state index contributed by atoms with van der Waals surface area (Å²) in [6.07, 6.45) is 2.37. The second-order valence-corrected chi connectivity index (χ2v) is 5.79. The van der Waals surface area contributed by atoms with Crippen molar-refractivity contribution in [3.8, 4) is 0 Å². The van der Waals surface area contributed by atoms with Crippen LogP contribution < -0.4 is 4.90 Å². The summed E-state index contributed by atoms with van der Waals surface area (Å²) in [6, 6.07) is 3.96. The Morgan fingerprint density at radius 1 is 1.14 bits per heavy atom. The van der Waals surface area contributed by atoms with Gasteiger partial charge in [-0.1, -0.05) is 0 Å². The van der Waals surface area contributed by atoms with E-state index in [4.69, 9.17) is 5.10 Å². The van der Waals surface area contributed by atoms with Crippen LogP contribution in [0.1, 0.15) is 31.5 Å². The summed E-state index contributed by atoms with van der Waals surface area (Å²) >= 11 is 0. The summed E-state index contributed by atoms with van der Waals surface area (Å²) in [5, 5.41) is 13.1. The first kappa shape index (κ1) is 12.6. The van der Waals surface area contributed by atoms with Crippen LogP contribution in [0, 0.1) is 0 Å². The van der Waals surface area contributed by atoms with Gasteiger partial charge in [0.1, 0.15) is 5.82 Å². The Labute approximate surface area is 122 Å². The van der Waals surface area contributed by atoms with E-state index in [0.717, 1.165) is 43.5 Å². The first-order valence-corrected chi connectivity index (χ1v) is 7.45. The molecule has 0 N–H and O–H groups in total. The lowest BCUT2D eigenvalue weighted by molar-refractivity contribution is -0.129. The molecule has 1 amide bonds. The highest BCUT2D eigenvalue weighted by molar-refractivity contribution is 5.73. The second kappa shape index (κ2) is 4.68. The maximum absolute atomic E-state index is 11.4. The molecule has 0 spiro atoms. The van der Waals surface area contributed by atoms with E-state index < -0.39 is 0 Å². The molecule has 2 fully saturated rings. The van der Waals surface area contributed by atoms with E-state index in [1.807, 2.05) is 21.5 Å². The van der Waals surface area contributed by atoms with Crippen LogP contribution in [0.2, 0.25) is 0 Å². The zero-order valence-corrected chi connectivity index (χ0v) is 12.1. The molecule has 1 aliphatic carbocycles. The van der Waals surface area contributed by atoms with Gasteiger partial charge in [0.25, 0.3) is 0 Å². The second-order valence-electron chi connectivity index (χ2n) is 5.79. The van der Waals surface area contributed by atoms with Gasteiger partial charge in [-0.05, 0) is 25.0 Å². The smallest absolute Gasteiger partial charge is 0.219 e. The summed E-state index contributed by atoms with van der Waals surface area (Å²) < 4.78 is 1.88. The van der Waals surface area contributed by atoms with Gasteiger partial charge in [0.15, 0.2) is 11.5 Å². The molecular formula is C14H18N6O. The zero-order valence-electron chi connectivity index (χ0n) is 12.1. The first-order valence-electron chi connectivity index (χ1n) is 7.45. The maximum Gasteiger partial charge on any atom is 0.219 e. The number of aromatic nitrogens is 4. The van der Waals surface area contributed by atoms with Gasteiger partial charge >= 0.3 is 0 Å². The lowest BCUT2D eigenvalue weighted by Crippen LogP contribution is -2.48. The van der Waals surface area contributed by atoms with Crippen LogP contribution in [0.4, 0.5) is 5.82 Å². The van der Waals surface area contributed by atoms with Gasteiger partial charge < -0.3 is 9.80 Å². The van der Waals surface area contributed by atoms with E-state index in [1.165, 1.54) is 12.8 Å². The molecule has 3 heterocycles. The highest BCUT2D eigenvalue weighted by Crippen LogP contribution is 2.38. The number of nitrogens with zero attached hydrogens (tertiary/aromatic N) is 6. The number of hydrogen-bond acceptors (Lipinski definition) is 5. The average Bonchev–Trinajstić information content (AvgIpc) is 3.26. The standard InChI is InChI=1S/C14H18N6O/c1-10(21)18-6-8-19(9-7-18)13-5-4-12-15-16-14(11-2-3-11)20(12)17-13/h4-5,11H,2-3,6-9H2,1H3. The predicted molar refractivity (Wildman–Crippen MR) is 77.2 cm³/mol. The minimum Gasteiger partial charge on any atom is -0.352 e. The van der Waals surface area contributed by atoms with Crippen LogP contribution in [-0.4, -0.2) is 56.8 Å². The van der Waals surface area contributed by atoms with Gasteiger partial charge in [0, 0.05) is 39.0 Å². The van der Waals surface area contributed by atoms with E-state index in [2.05, 4.69) is 15.1 Å². The molecule has 7 nitrogen and oxygen atoms in total. The van der Waals surface area contributed by atoms with Crippen molar-refractivity contribution in [2.75, 3.05) is 31.1 Å². The molecule has 0 radical (unpaired) electrons. The quantitative estimate of drug-likeness (QED) is 0.812. The minimum atomic E-state index is 0.146. The molecule has 7 heteroatoms. The maximum atomic E-state index is 11.4. The van der Waals surface area contributed by atoms with Gasteiger partial charge in [-0.25, -0.2) is 0 Å². The average molecular weight is 286 g/mol. The number of anilines is 1. The van der Waals surface area contributed by atoms with E-state index in [1.54, 1.807) is 6.92 Å². The van der Waals surface area contributed by atoms with Crippen molar-refractivity contribution in [1.82, 2.24) is 24.7 Å². The van der Waals surface area contributed by atoms with Crippen molar-refractivity contribution in [2.24, 2.45) is 0 Å². The molecule has 21 heavy (non-hydrogen) atoms. The van der Waals surface area contributed by atoms with Gasteiger partial charge in [-0.3, -0.25) is 4.79 Å². The number of hydrogen-bond donors (Lipinski definition) is 0. The Morgan fingerprint density at radius 2 is 1.90 bits per heavy atom. The third-order valence-corrected chi connectivity index (χ3v) is 4.26. The molecule has 4 rings (SSSR count). The molecule has 0 unspecified atom stereocenters. The predicted octanol–water partition coefficient (Wildman–Crippen LogP) is 0.670. The Hall–Kier alpha value is -2.18. The Morgan fingerprint density at radius 3 is 2.57 bits per heavy atom. The molecule has 0 atom stereocenters. The summed E-state index contributed by atoms with van der Waals surface area (Å²) in [5.74, 6) is 2.59. The van der Waals surface area contributed by atoms with E-state index in [9.17, 15) is 4.79 Å². The molecule has 110 valence electrons. The number of carbonyl (C=O) groups excluding carboxylic acids is 1. The number of carbonyl (C=O) groups is 1. The van der Waals surface area contributed by atoms with Gasteiger partial charge in [-0.15, -0.1) is 15.3 Å². The molecule has 1 aliphatic heterocycles. The first-order chi connectivity index (χ1) is 10.2. The van der Waals surface area contributed by atoms with Crippen molar-refractivity contribution >= 4 is 17.4 Å². The molecule has 0 aromatic carbocycles. The molecule has 1 saturated heterocycles. The van der Waals surface area contributed by atoms with Crippen LogP contribution in [0.5, 0.6) is 0 Å². The fourth-order valence-corrected chi connectivity index (χ4v) is 2.81. The highest BCUT2D eigenvalue weighted by Gasteiger charge is 2.29. The highest BCUT2D eigenvalue weighted by atomic mass is 16.2. The summed E-state index contributed by atoms with van der Waals surface area (Å²) in [7, 11) is 0. The molecule has 0 bridgehead atoms. The Bertz CT molecular complexity index is 684. The van der Waals surface area contributed by atoms with Crippen LogP contribution >= 0.6 is 0 Å². The number of amides is 1. The third kappa shape index (κ3) is 2.22. The van der Waals surface area contributed by atoms with Crippen molar-refractivity contribution < 1.29 is 4.79 Å². The number of fused-ring (bicyclic) bond motifs is 1. The molecular weight excluding hydrogens is 268 g/mol. The lowest BCUT2D eigenvalue weighted by atomic mass is 10.3. The monoisotopic (exact) mass is 286 g/mol. The Balaban J connectivity index is 1.59. The van der Waals surface area contributed by atoms with E-state index in [-0.39, 0.29) is 5.91 Å². The topological polar surface area (TPSA) is 66.6 Å². The fraction of sp³-hybridized carbons (Fsp3) is 0.571. The molecule has 2 aliphatic rings. The SMILES string of the molecule is CC(=O)N1CCN(c2ccc3nnc(C4CC4)n3n2)CC1. The van der Waals surface area contributed by atoms with Crippen molar-refractivity contribution in [3.63, 3.8) is 0 Å². The summed E-state index contributed by atoms with van der Waals surface area (Å²) in [6.45, 7) is 4.77. The van der Waals surface area contributed by atoms with Gasteiger partial charge in [0.2, 0.25) is 5.91 Å². The summed E-state index contributed by atoms with van der Waals surface area (Å²) in [4.78, 5) is 15.5. The number of piperazine rings is 1. The molecule has 2 aromatic heterocycles. The lowest BCUT2D eigenvalue weighted by Gasteiger charge is -2.34. The van der Waals surface area contributed by atoms with E-state index >= 15 is 0 Å². The van der Waals surface area contributed by atoms with Crippen molar-refractivity contribution in [1.29, 1.82) is 0 Å². The van der Waals surface area contributed by atoms with Crippen LogP contribution in [0.25, 0.3) is 5.65 Å². The van der Waals surface area contributed by atoms with Gasteiger partial charge in [-0.2, -0.15) is 4.52 Å². The third-order valence-electron chi connectivity index (χ3n) is 4.26. The summed E-state index contributed by atoms with van der Waals surface area (Å²) in [5.41, 5.74) is 0.808. The fourth-order valence-electron chi connectivity index (χ4n) is 2.81. The molecule has 2 aromatic rings. The normalized spacial score (nSPS) is 19.3. The van der Waals surface area contributed by atoms with Crippen molar-refractivity contribution in [3.05, 3.63) is 18.0 Å². The van der Waals surface area contributed by atoms with Gasteiger partial charge in [0.05, 0.1) is 0 Å². The van der Waals surface area contributed by atoms with Crippen LogP contribution in [-0.2, 0) is 4.79 Å². The van der Waals surface area contributed by atoms with E-state index in [0.29, 0.717) is 5.92 Å². The largest absolute Gasteiger partial charge is 0.352 e. The molecule has 1 saturated carbocycles. The minimum absolute atomic E-state index is 0.146. The Kier molecular flexibility index (Phi) is 2.80. The van der Waals surface area contributed by atoms with Crippen LogP contribution in [0.3, 0.4) is 0 Å².